The van der Waals surface area contributed by atoms with Crippen LogP contribution in [0.4, 0.5) is 0 Å². The molecule has 0 saturated heterocycles. The van der Waals surface area contributed by atoms with Crippen molar-refractivity contribution in [2.75, 3.05) is 7.11 Å². The predicted molar refractivity (Wildman–Crippen MR) is 61.6 cm³/mol. The molecular weight excluding hydrogens is 242 g/mol. The van der Waals surface area contributed by atoms with Crippen molar-refractivity contribution in [3.63, 3.8) is 0 Å². The van der Waals surface area contributed by atoms with Crippen LogP contribution in [0.25, 0.3) is 0 Å². The molecule has 1 N–H and O–H groups in total. The number of rotatable bonds is 5. The van der Waals surface area contributed by atoms with Gasteiger partial charge in [-0.15, -0.1) is 11.3 Å². The maximum absolute atomic E-state index is 11.3. The van der Waals surface area contributed by atoms with Gasteiger partial charge >= 0.3 is 5.97 Å². The third kappa shape index (κ3) is 2.37. The molecule has 17 heavy (non-hydrogen) atoms. The minimum Gasteiger partial charge on any atom is -0.476 e. The molecule has 1 saturated carbocycles. The molecule has 0 aromatic carbocycles. The number of ether oxygens (including phenoxy) is 1. The lowest BCUT2D eigenvalue weighted by atomic mass is 10.2. The maximum Gasteiger partial charge on any atom is 0.356 e. The standard InChI is InChI=1S/C11H13NO4S/c1-5(13)9-7(11(14)15)12-10(17-9)8(16-2)6-3-4-6/h6,8H,3-4H2,1-2H3,(H,14,15). The highest BCUT2D eigenvalue weighted by molar-refractivity contribution is 7.14. The Morgan fingerprint density at radius 3 is 2.53 bits per heavy atom. The Balaban J connectivity index is 2.38. The molecule has 0 radical (unpaired) electrons. The molecule has 0 bridgehead atoms. The van der Waals surface area contributed by atoms with Crippen LogP contribution in [0.15, 0.2) is 0 Å². The molecule has 0 amide bonds. The van der Waals surface area contributed by atoms with Crippen molar-refractivity contribution < 1.29 is 19.4 Å². The van der Waals surface area contributed by atoms with E-state index in [0.717, 1.165) is 24.2 Å². The van der Waals surface area contributed by atoms with Crippen molar-refractivity contribution in [1.82, 2.24) is 4.98 Å². The van der Waals surface area contributed by atoms with E-state index in [1.165, 1.54) is 6.92 Å². The summed E-state index contributed by atoms with van der Waals surface area (Å²) in [7, 11) is 1.58. The Kier molecular flexibility index (Phi) is 3.26. The van der Waals surface area contributed by atoms with Gasteiger partial charge in [0.15, 0.2) is 11.5 Å². The summed E-state index contributed by atoms with van der Waals surface area (Å²) < 4.78 is 5.33. The number of hydrogen-bond acceptors (Lipinski definition) is 5. The third-order valence-corrected chi connectivity index (χ3v) is 3.93. The molecule has 0 aliphatic heterocycles. The van der Waals surface area contributed by atoms with E-state index in [1.54, 1.807) is 7.11 Å². The van der Waals surface area contributed by atoms with Gasteiger partial charge in [0.05, 0.1) is 0 Å². The second-order valence-corrected chi connectivity index (χ2v) is 5.12. The van der Waals surface area contributed by atoms with Crippen molar-refractivity contribution in [2.24, 2.45) is 5.92 Å². The topological polar surface area (TPSA) is 76.5 Å². The number of carbonyl (C=O) groups is 2. The second-order valence-electron chi connectivity index (χ2n) is 4.08. The van der Waals surface area contributed by atoms with Crippen LogP contribution < -0.4 is 0 Å². The lowest BCUT2D eigenvalue weighted by Crippen LogP contribution is -2.06. The molecule has 1 atom stereocenters. The van der Waals surface area contributed by atoms with E-state index < -0.39 is 5.97 Å². The number of nitrogens with zero attached hydrogens (tertiary/aromatic N) is 1. The van der Waals surface area contributed by atoms with E-state index in [1.807, 2.05) is 0 Å². The van der Waals surface area contributed by atoms with E-state index in [-0.39, 0.29) is 22.5 Å². The number of carboxylic acids is 1. The number of methoxy groups -OCH3 is 1. The van der Waals surface area contributed by atoms with E-state index in [2.05, 4.69) is 4.98 Å². The summed E-state index contributed by atoms with van der Waals surface area (Å²) in [6, 6.07) is 0. The van der Waals surface area contributed by atoms with Gasteiger partial charge in [0.1, 0.15) is 16.0 Å². The fraction of sp³-hybridized carbons (Fsp3) is 0.545. The number of carbonyl (C=O) groups excluding carboxylic acids is 1. The molecule has 2 rings (SSSR count). The van der Waals surface area contributed by atoms with Gasteiger partial charge < -0.3 is 9.84 Å². The van der Waals surface area contributed by atoms with Crippen molar-refractivity contribution >= 4 is 23.1 Å². The molecule has 1 fully saturated rings. The molecular formula is C11H13NO4S. The van der Waals surface area contributed by atoms with E-state index in [9.17, 15) is 9.59 Å². The lowest BCUT2D eigenvalue weighted by Gasteiger charge is -2.09. The SMILES string of the molecule is COC(c1nc(C(=O)O)c(C(C)=O)s1)C1CC1. The fourth-order valence-electron chi connectivity index (χ4n) is 1.74. The molecule has 5 nitrogen and oxygen atoms in total. The fourth-order valence-corrected chi connectivity index (χ4v) is 2.86. The highest BCUT2D eigenvalue weighted by Crippen LogP contribution is 2.44. The first kappa shape index (κ1) is 12.2. The summed E-state index contributed by atoms with van der Waals surface area (Å²) in [5, 5.41) is 9.58. The van der Waals surface area contributed by atoms with Crippen molar-refractivity contribution in [3.05, 3.63) is 15.6 Å². The number of aromatic nitrogens is 1. The average molecular weight is 255 g/mol. The van der Waals surface area contributed by atoms with Crippen LogP contribution in [0.3, 0.4) is 0 Å². The summed E-state index contributed by atoms with van der Waals surface area (Å²) >= 11 is 1.13. The Morgan fingerprint density at radius 1 is 1.53 bits per heavy atom. The Hall–Kier alpha value is -1.27. The van der Waals surface area contributed by atoms with Gasteiger partial charge in [-0.3, -0.25) is 4.79 Å². The number of hydrogen-bond donors (Lipinski definition) is 1. The van der Waals surface area contributed by atoms with Crippen LogP contribution in [0, 0.1) is 5.92 Å². The summed E-state index contributed by atoms with van der Waals surface area (Å²) in [4.78, 5) is 26.6. The quantitative estimate of drug-likeness (QED) is 0.816. The zero-order chi connectivity index (χ0) is 12.6. The normalized spacial score (nSPS) is 16.8. The van der Waals surface area contributed by atoms with Gasteiger partial charge in [0.2, 0.25) is 0 Å². The second kappa shape index (κ2) is 4.54. The molecule has 1 aromatic heterocycles. The first-order valence-corrected chi connectivity index (χ1v) is 6.14. The van der Waals surface area contributed by atoms with E-state index in [4.69, 9.17) is 9.84 Å². The Bertz CT molecular complexity index is 433. The summed E-state index contributed by atoms with van der Waals surface area (Å²) in [6.45, 7) is 1.35. The highest BCUT2D eigenvalue weighted by Gasteiger charge is 2.36. The van der Waals surface area contributed by atoms with Crippen molar-refractivity contribution in [1.29, 1.82) is 0 Å². The van der Waals surface area contributed by atoms with Crippen LogP contribution in [-0.4, -0.2) is 29.0 Å². The summed E-state index contributed by atoms with van der Waals surface area (Å²) in [5.41, 5.74) is -0.153. The molecule has 1 unspecified atom stereocenters. The minimum atomic E-state index is -1.16. The summed E-state index contributed by atoms with van der Waals surface area (Å²) in [6.07, 6.45) is 1.96. The monoisotopic (exact) mass is 255 g/mol. The van der Waals surface area contributed by atoms with E-state index >= 15 is 0 Å². The van der Waals surface area contributed by atoms with Crippen LogP contribution in [-0.2, 0) is 4.74 Å². The largest absolute Gasteiger partial charge is 0.476 e. The summed E-state index contributed by atoms with van der Waals surface area (Å²) in [5.74, 6) is -1.02. The van der Waals surface area contributed by atoms with Gasteiger partial charge in [0.25, 0.3) is 0 Å². The van der Waals surface area contributed by atoms with Gasteiger partial charge in [-0.25, -0.2) is 9.78 Å². The maximum atomic E-state index is 11.3. The number of ketones is 1. The van der Waals surface area contributed by atoms with E-state index in [0.29, 0.717) is 10.9 Å². The lowest BCUT2D eigenvalue weighted by molar-refractivity contribution is 0.0681. The number of thiazole rings is 1. The molecule has 0 spiro atoms. The van der Waals surface area contributed by atoms with Gasteiger partial charge in [-0.05, 0) is 18.8 Å². The predicted octanol–water partition coefficient (Wildman–Crippen LogP) is 2.14. The number of Topliss-reactive ketones (excluding diaryl/α,β-unsaturated/α-hetero) is 1. The average Bonchev–Trinajstić information content (AvgIpc) is 2.96. The Morgan fingerprint density at radius 2 is 2.18 bits per heavy atom. The van der Waals surface area contributed by atoms with Gasteiger partial charge in [-0.1, -0.05) is 0 Å². The van der Waals surface area contributed by atoms with Crippen molar-refractivity contribution in [3.8, 4) is 0 Å². The van der Waals surface area contributed by atoms with Gasteiger partial charge in [-0.2, -0.15) is 0 Å². The first-order chi connectivity index (χ1) is 8.04. The van der Waals surface area contributed by atoms with Gasteiger partial charge in [0, 0.05) is 14.0 Å². The zero-order valence-electron chi connectivity index (χ0n) is 9.60. The Labute approximate surface area is 102 Å². The molecule has 92 valence electrons. The molecule has 1 aliphatic rings. The zero-order valence-corrected chi connectivity index (χ0v) is 10.4. The first-order valence-electron chi connectivity index (χ1n) is 5.32. The third-order valence-electron chi connectivity index (χ3n) is 2.71. The van der Waals surface area contributed by atoms with Crippen LogP contribution >= 0.6 is 11.3 Å². The molecule has 1 aromatic rings. The number of carboxylic acid groups (broad SMARTS) is 1. The molecule has 1 aliphatic carbocycles. The molecule has 6 heteroatoms. The highest BCUT2D eigenvalue weighted by atomic mass is 32.1. The van der Waals surface area contributed by atoms with Crippen LogP contribution in [0.1, 0.15) is 51.0 Å². The van der Waals surface area contributed by atoms with Crippen LogP contribution in [0.5, 0.6) is 0 Å². The molecule has 1 heterocycles. The van der Waals surface area contributed by atoms with Crippen LogP contribution in [0.2, 0.25) is 0 Å². The number of aromatic carboxylic acids is 1. The van der Waals surface area contributed by atoms with Crippen molar-refractivity contribution in [2.45, 2.75) is 25.9 Å². The minimum absolute atomic E-state index is 0.153. The smallest absolute Gasteiger partial charge is 0.356 e.